The Morgan fingerprint density at radius 3 is 2.41 bits per heavy atom. The molecule has 1 unspecified atom stereocenters. The van der Waals surface area contributed by atoms with Crippen LogP contribution >= 0.6 is 0 Å². The van der Waals surface area contributed by atoms with Crippen LogP contribution in [0.4, 0.5) is 5.69 Å². The summed E-state index contributed by atoms with van der Waals surface area (Å²) >= 11 is 0. The number of anilines is 1. The molecule has 0 aromatic heterocycles. The van der Waals surface area contributed by atoms with Crippen molar-refractivity contribution >= 4 is 5.69 Å². The average molecular weight is 231 g/mol. The van der Waals surface area contributed by atoms with E-state index in [0.29, 0.717) is 18.1 Å². The van der Waals surface area contributed by atoms with Crippen LogP contribution in [0, 0.1) is 0 Å². The highest BCUT2D eigenvalue weighted by Gasteiger charge is 2.34. The Hall–Kier alpha value is -1.02. The van der Waals surface area contributed by atoms with Crippen molar-refractivity contribution in [2.45, 2.75) is 44.8 Å². The van der Waals surface area contributed by atoms with Crippen LogP contribution in [-0.2, 0) is 4.74 Å². The van der Waals surface area contributed by atoms with E-state index in [1.165, 1.54) is 24.1 Å². The van der Waals surface area contributed by atoms with Crippen LogP contribution in [0.1, 0.15) is 38.2 Å². The highest BCUT2D eigenvalue weighted by molar-refractivity contribution is 5.50. The molecule has 3 fully saturated rings. The van der Waals surface area contributed by atoms with Gasteiger partial charge in [-0.05, 0) is 36.5 Å². The van der Waals surface area contributed by atoms with Crippen molar-refractivity contribution in [3.8, 4) is 0 Å². The summed E-state index contributed by atoms with van der Waals surface area (Å²) in [6, 6.07) is 9.68. The molecule has 2 bridgehead atoms. The summed E-state index contributed by atoms with van der Waals surface area (Å²) in [6.07, 6.45) is 2.99. The van der Waals surface area contributed by atoms with E-state index >= 15 is 0 Å². The zero-order chi connectivity index (χ0) is 11.8. The highest BCUT2D eigenvalue weighted by atomic mass is 16.5. The Morgan fingerprint density at radius 2 is 1.94 bits per heavy atom. The molecule has 92 valence electrons. The van der Waals surface area contributed by atoms with Crippen LogP contribution in [0.3, 0.4) is 0 Å². The fourth-order valence-electron chi connectivity index (χ4n) is 2.92. The highest BCUT2D eigenvalue weighted by Crippen LogP contribution is 2.31. The number of hydrogen-bond donors (Lipinski definition) is 0. The Bertz CT molecular complexity index is 376. The van der Waals surface area contributed by atoms with E-state index < -0.39 is 0 Å². The Morgan fingerprint density at radius 1 is 1.18 bits per heavy atom. The minimum absolute atomic E-state index is 0.463. The molecule has 3 aliphatic rings. The molecule has 2 atom stereocenters. The van der Waals surface area contributed by atoms with E-state index in [1.807, 2.05) is 0 Å². The smallest absolute Gasteiger partial charge is 0.0751 e. The molecule has 3 aliphatic heterocycles. The molecule has 0 saturated carbocycles. The molecular weight excluding hydrogens is 210 g/mol. The third-order valence-electron chi connectivity index (χ3n) is 4.08. The monoisotopic (exact) mass is 231 g/mol. The van der Waals surface area contributed by atoms with Crippen LogP contribution in [0.5, 0.6) is 0 Å². The molecule has 0 spiro atoms. The fraction of sp³-hybridized carbons (Fsp3) is 0.600. The summed E-state index contributed by atoms with van der Waals surface area (Å²) in [7, 11) is 0. The van der Waals surface area contributed by atoms with Gasteiger partial charge in [0, 0.05) is 12.2 Å². The van der Waals surface area contributed by atoms with E-state index in [0.717, 1.165) is 13.2 Å². The number of piperidine rings is 1. The molecule has 4 rings (SSSR count). The maximum absolute atomic E-state index is 5.75. The number of hydrogen-bond acceptors (Lipinski definition) is 2. The molecule has 0 radical (unpaired) electrons. The average Bonchev–Trinajstić information content (AvgIpc) is 2.40. The summed E-state index contributed by atoms with van der Waals surface area (Å²) in [5.41, 5.74) is 2.79. The van der Waals surface area contributed by atoms with Crippen molar-refractivity contribution in [1.29, 1.82) is 0 Å². The van der Waals surface area contributed by atoms with Gasteiger partial charge in [0.2, 0.25) is 0 Å². The summed E-state index contributed by atoms with van der Waals surface area (Å²) in [6.45, 7) is 6.47. The van der Waals surface area contributed by atoms with E-state index in [-0.39, 0.29) is 0 Å². The van der Waals surface area contributed by atoms with Crippen molar-refractivity contribution in [3.63, 3.8) is 0 Å². The predicted molar refractivity (Wildman–Crippen MR) is 70.6 cm³/mol. The van der Waals surface area contributed by atoms with Gasteiger partial charge in [-0.15, -0.1) is 0 Å². The number of fused-ring (bicyclic) bond motifs is 3. The Balaban J connectivity index is 1.80. The summed E-state index contributed by atoms with van der Waals surface area (Å²) < 4.78 is 5.75. The van der Waals surface area contributed by atoms with Gasteiger partial charge < -0.3 is 9.64 Å². The lowest BCUT2D eigenvalue weighted by molar-refractivity contribution is -0.0225. The molecule has 3 saturated heterocycles. The van der Waals surface area contributed by atoms with Crippen molar-refractivity contribution in [1.82, 2.24) is 0 Å². The summed E-state index contributed by atoms with van der Waals surface area (Å²) in [4.78, 5) is 2.53. The van der Waals surface area contributed by atoms with Crippen molar-refractivity contribution < 1.29 is 4.74 Å². The number of ether oxygens (including phenoxy) is 1. The molecule has 17 heavy (non-hydrogen) atoms. The minimum atomic E-state index is 0.463. The molecule has 1 aromatic rings. The number of nitrogens with zero attached hydrogens (tertiary/aromatic N) is 1. The summed E-state index contributed by atoms with van der Waals surface area (Å²) in [5.74, 6) is 0.616. The molecule has 2 heteroatoms. The standard InChI is InChI=1S/C15H21NO/c1-11(2)12-3-5-13(6-4-12)16-9-15-8-7-14(16)10-17-15/h3-6,11,14-15H,7-10H2,1-2H3/t14?,15-/m0/s1. The van der Waals surface area contributed by atoms with Crippen molar-refractivity contribution in [2.24, 2.45) is 0 Å². The Kier molecular flexibility index (Phi) is 2.83. The van der Waals surface area contributed by atoms with Crippen LogP contribution in [0.2, 0.25) is 0 Å². The molecule has 3 heterocycles. The SMILES string of the molecule is CC(C)c1ccc(N2C[C@@H]3CCC2CO3)cc1. The molecule has 0 N–H and O–H groups in total. The Labute approximate surface area is 104 Å². The summed E-state index contributed by atoms with van der Waals surface area (Å²) in [5, 5.41) is 0. The van der Waals surface area contributed by atoms with Crippen LogP contribution in [-0.4, -0.2) is 25.3 Å². The number of rotatable bonds is 2. The molecule has 2 nitrogen and oxygen atoms in total. The largest absolute Gasteiger partial charge is 0.374 e. The predicted octanol–water partition coefficient (Wildman–Crippen LogP) is 3.18. The lowest BCUT2D eigenvalue weighted by Crippen LogP contribution is -2.54. The van der Waals surface area contributed by atoms with Gasteiger partial charge in [-0.25, -0.2) is 0 Å². The van der Waals surface area contributed by atoms with Crippen molar-refractivity contribution in [3.05, 3.63) is 29.8 Å². The van der Waals surface area contributed by atoms with E-state index in [4.69, 9.17) is 4.74 Å². The topological polar surface area (TPSA) is 12.5 Å². The maximum Gasteiger partial charge on any atom is 0.0751 e. The number of benzene rings is 1. The lowest BCUT2D eigenvalue weighted by Gasteiger charge is -2.46. The maximum atomic E-state index is 5.75. The van der Waals surface area contributed by atoms with E-state index in [1.54, 1.807) is 0 Å². The van der Waals surface area contributed by atoms with Crippen LogP contribution in [0.25, 0.3) is 0 Å². The molecular formula is C15H21NO. The van der Waals surface area contributed by atoms with Crippen LogP contribution < -0.4 is 4.90 Å². The first kappa shape index (κ1) is 11.1. The molecule has 0 amide bonds. The lowest BCUT2D eigenvalue weighted by atomic mass is 9.95. The molecule has 0 aliphatic carbocycles. The van der Waals surface area contributed by atoms with E-state index in [2.05, 4.69) is 43.0 Å². The third kappa shape index (κ3) is 2.06. The van der Waals surface area contributed by atoms with Gasteiger partial charge in [-0.2, -0.15) is 0 Å². The molecule has 1 aromatic carbocycles. The van der Waals surface area contributed by atoms with E-state index in [9.17, 15) is 0 Å². The van der Waals surface area contributed by atoms with Crippen LogP contribution in [0.15, 0.2) is 24.3 Å². The third-order valence-corrected chi connectivity index (χ3v) is 4.08. The first-order chi connectivity index (χ1) is 8.24. The van der Waals surface area contributed by atoms with Gasteiger partial charge in [0.15, 0.2) is 0 Å². The van der Waals surface area contributed by atoms with Gasteiger partial charge in [0.1, 0.15) is 0 Å². The second-order valence-corrected chi connectivity index (χ2v) is 5.59. The van der Waals surface area contributed by atoms with Gasteiger partial charge in [0.05, 0.1) is 18.8 Å². The van der Waals surface area contributed by atoms with Crippen molar-refractivity contribution in [2.75, 3.05) is 18.1 Å². The first-order valence-corrected chi connectivity index (χ1v) is 6.72. The van der Waals surface area contributed by atoms with Gasteiger partial charge in [0.25, 0.3) is 0 Å². The normalized spacial score (nSPS) is 27.8. The quantitative estimate of drug-likeness (QED) is 0.775. The second kappa shape index (κ2) is 4.34. The van der Waals surface area contributed by atoms with Gasteiger partial charge >= 0.3 is 0 Å². The second-order valence-electron chi connectivity index (χ2n) is 5.59. The minimum Gasteiger partial charge on any atom is -0.374 e. The zero-order valence-electron chi connectivity index (χ0n) is 10.7. The first-order valence-electron chi connectivity index (χ1n) is 6.72. The zero-order valence-corrected chi connectivity index (χ0v) is 10.7. The number of morpholine rings is 1. The van der Waals surface area contributed by atoms with Gasteiger partial charge in [-0.1, -0.05) is 26.0 Å². The fourth-order valence-corrected chi connectivity index (χ4v) is 2.92. The van der Waals surface area contributed by atoms with Gasteiger partial charge in [-0.3, -0.25) is 0 Å².